The molecule has 0 saturated heterocycles. The summed E-state index contributed by atoms with van der Waals surface area (Å²) in [5.74, 6) is -3.32. The van der Waals surface area contributed by atoms with Gasteiger partial charge >= 0.3 is 31.3 Å². The average Bonchev–Trinajstić information content (AvgIpc) is 2.74. The summed E-state index contributed by atoms with van der Waals surface area (Å²) in [4.78, 5) is 0. The fourth-order valence-corrected chi connectivity index (χ4v) is 4.10. The van der Waals surface area contributed by atoms with Crippen LogP contribution in [0.1, 0.15) is 66.5 Å². The van der Waals surface area contributed by atoms with E-state index in [4.69, 9.17) is 0 Å². The van der Waals surface area contributed by atoms with Crippen LogP contribution < -0.4 is 8.37 Å². The van der Waals surface area contributed by atoms with Crippen molar-refractivity contribution in [2.24, 2.45) is 0 Å². The lowest BCUT2D eigenvalue weighted by Crippen LogP contribution is -2.28. The van der Waals surface area contributed by atoms with Gasteiger partial charge in [-0.1, -0.05) is 55.4 Å². The molecule has 2 aromatic carbocycles. The normalized spacial score (nSPS) is 13.3. The maximum Gasteiger partial charge on any atom is 0.534 e. The maximum atomic E-state index is 12.9. The fraction of sp³-hybridized carbons (Fsp3) is 0.500. The average molecular weight is 625 g/mol. The van der Waals surface area contributed by atoms with Gasteiger partial charge in [-0.15, -0.1) is 0 Å². The van der Waals surface area contributed by atoms with Crippen molar-refractivity contribution in [3.63, 3.8) is 0 Å². The molecule has 0 aliphatic carbocycles. The standard InChI is InChI=1S/C22H24F6O8S2.C2H6/c1-19(2,3)15-9-11(35-37(31,32)21(23,24)25)7-13(17(15)29)14-8-12(36-38(33,34)22(26,27)28)10-16(18(14)30)20(4,5)6;1-2/h7-10,29-30H,1-6H3;1-2H3. The van der Waals surface area contributed by atoms with E-state index in [1.54, 1.807) is 0 Å². The minimum Gasteiger partial charge on any atom is -0.507 e. The van der Waals surface area contributed by atoms with E-state index in [0.717, 1.165) is 12.1 Å². The van der Waals surface area contributed by atoms with Crippen molar-refractivity contribution in [1.29, 1.82) is 0 Å². The number of phenols is 2. The molecule has 40 heavy (non-hydrogen) atoms. The van der Waals surface area contributed by atoms with Gasteiger partial charge in [0.25, 0.3) is 0 Å². The predicted octanol–water partition coefficient (Wildman–Crippen LogP) is 6.84. The van der Waals surface area contributed by atoms with Crippen molar-refractivity contribution in [3.05, 3.63) is 35.4 Å². The quantitative estimate of drug-likeness (QED) is 0.210. The molecule has 16 heteroatoms. The van der Waals surface area contributed by atoms with E-state index in [0.29, 0.717) is 12.1 Å². The van der Waals surface area contributed by atoms with Gasteiger partial charge in [-0.25, -0.2) is 0 Å². The topological polar surface area (TPSA) is 127 Å². The maximum absolute atomic E-state index is 12.9. The molecule has 8 nitrogen and oxygen atoms in total. The lowest BCUT2D eigenvalue weighted by atomic mass is 9.81. The van der Waals surface area contributed by atoms with E-state index in [1.165, 1.54) is 41.5 Å². The molecule has 0 saturated carbocycles. The summed E-state index contributed by atoms with van der Waals surface area (Å²) in [5, 5.41) is 21.9. The highest BCUT2D eigenvalue weighted by Gasteiger charge is 2.49. The SMILES string of the molecule is CC.CC(C)(C)c1cc(OS(=O)(=O)C(F)(F)F)cc(-c2cc(OS(=O)(=O)C(F)(F)F)cc(C(C)(C)C)c2O)c1O. The van der Waals surface area contributed by atoms with Gasteiger partial charge < -0.3 is 18.6 Å². The second kappa shape index (κ2) is 11.2. The van der Waals surface area contributed by atoms with Crippen LogP contribution in [0.5, 0.6) is 23.0 Å². The summed E-state index contributed by atoms with van der Waals surface area (Å²) >= 11 is 0. The summed E-state index contributed by atoms with van der Waals surface area (Å²) in [5.41, 5.74) is -15.3. The van der Waals surface area contributed by atoms with Gasteiger partial charge in [0.2, 0.25) is 0 Å². The lowest BCUT2D eigenvalue weighted by molar-refractivity contribution is -0.0504. The van der Waals surface area contributed by atoms with Crippen LogP contribution in [0.4, 0.5) is 26.3 Å². The molecular formula is C24H30F6O8S2. The lowest BCUT2D eigenvalue weighted by Gasteiger charge is -2.26. The summed E-state index contributed by atoms with van der Waals surface area (Å²) in [6.07, 6.45) is 0. The first kappa shape index (κ1) is 35.1. The van der Waals surface area contributed by atoms with Gasteiger partial charge in [0.1, 0.15) is 23.0 Å². The van der Waals surface area contributed by atoms with Gasteiger partial charge in [0.15, 0.2) is 0 Å². The van der Waals surface area contributed by atoms with Gasteiger partial charge in [-0.2, -0.15) is 43.2 Å². The van der Waals surface area contributed by atoms with Crippen LogP contribution in [-0.4, -0.2) is 38.1 Å². The molecule has 0 amide bonds. The molecule has 0 aliphatic heterocycles. The van der Waals surface area contributed by atoms with Crippen LogP contribution in [0.15, 0.2) is 24.3 Å². The zero-order valence-corrected chi connectivity index (χ0v) is 24.4. The smallest absolute Gasteiger partial charge is 0.507 e. The highest BCUT2D eigenvalue weighted by atomic mass is 32.2. The number of halogens is 6. The number of hydrogen-bond donors (Lipinski definition) is 2. The Morgan fingerprint density at radius 2 is 0.825 bits per heavy atom. The van der Waals surface area contributed by atoms with E-state index in [1.807, 2.05) is 13.8 Å². The minimum atomic E-state index is -6.19. The molecule has 0 fully saturated rings. The molecule has 0 bridgehead atoms. The van der Waals surface area contributed by atoms with Crippen molar-refractivity contribution in [1.82, 2.24) is 0 Å². The molecule has 0 unspecified atom stereocenters. The highest BCUT2D eigenvalue weighted by Crippen LogP contribution is 2.49. The monoisotopic (exact) mass is 624 g/mol. The summed E-state index contributed by atoms with van der Waals surface area (Å²) in [6, 6.07) is 2.80. The van der Waals surface area contributed by atoms with Gasteiger partial charge in [0, 0.05) is 22.3 Å². The van der Waals surface area contributed by atoms with Crippen molar-refractivity contribution in [2.75, 3.05) is 0 Å². The van der Waals surface area contributed by atoms with Crippen LogP contribution in [0, 0.1) is 0 Å². The van der Waals surface area contributed by atoms with Crippen molar-refractivity contribution < 1.29 is 61.8 Å². The number of phenolic OH excluding ortho intramolecular Hbond substituents is 2. The largest absolute Gasteiger partial charge is 0.534 e. The van der Waals surface area contributed by atoms with E-state index >= 15 is 0 Å². The Balaban J connectivity index is 0.00000391. The Hall–Kier alpha value is -2.88. The Kier molecular flexibility index (Phi) is 9.83. The molecule has 228 valence electrons. The second-order valence-corrected chi connectivity index (χ2v) is 13.3. The van der Waals surface area contributed by atoms with Crippen LogP contribution in [-0.2, 0) is 31.1 Å². The minimum absolute atomic E-state index is 0.173. The molecule has 0 spiro atoms. The number of hydrogen-bond acceptors (Lipinski definition) is 8. The molecule has 2 rings (SSSR count). The Morgan fingerprint density at radius 3 is 1.02 bits per heavy atom. The molecule has 0 heterocycles. The fourth-order valence-electron chi connectivity index (χ4n) is 3.21. The number of aromatic hydroxyl groups is 2. The zero-order chi connectivity index (χ0) is 31.9. The molecular weight excluding hydrogens is 594 g/mol. The number of alkyl halides is 6. The predicted molar refractivity (Wildman–Crippen MR) is 135 cm³/mol. The summed E-state index contributed by atoms with van der Waals surface area (Å²) in [6.45, 7) is 12.9. The first-order valence-electron chi connectivity index (χ1n) is 11.5. The number of benzene rings is 2. The highest BCUT2D eigenvalue weighted by molar-refractivity contribution is 7.88. The van der Waals surface area contributed by atoms with Crippen molar-refractivity contribution in [3.8, 4) is 34.1 Å². The third-order valence-corrected chi connectivity index (χ3v) is 7.01. The molecule has 0 atom stereocenters. The summed E-state index contributed by atoms with van der Waals surface area (Å²) in [7, 11) is -12.4. The van der Waals surface area contributed by atoms with Crippen molar-refractivity contribution >= 4 is 20.2 Å². The number of rotatable bonds is 5. The molecule has 0 radical (unpaired) electrons. The van der Waals surface area contributed by atoms with Gasteiger partial charge in [-0.3, -0.25) is 0 Å². The van der Waals surface area contributed by atoms with E-state index in [9.17, 15) is 53.4 Å². The summed E-state index contributed by atoms with van der Waals surface area (Å²) < 4.78 is 133. The van der Waals surface area contributed by atoms with Crippen LogP contribution in [0.3, 0.4) is 0 Å². The van der Waals surface area contributed by atoms with Crippen LogP contribution >= 0.6 is 0 Å². The zero-order valence-electron chi connectivity index (χ0n) is 22.7. The first-order chi connectivity index (χ1) is 17.7. The van der Waals surface area contributed by atoms with E-state index in [-0.39, 0.29) is 11.1 Å². The van der Waals surface area contributed by atoms with E-state index in [2.05, 4.69) is 8.37 Å². The van der Waals surface area contributed by atoms with Gasteiger partial charge in [0.05, 0.1) is 0 Å². The molecule has 0 aromatic heterocycles. The Bertz CT molecular complexity index is 1340. The van der Waals surface area contributed by atoms with Crippen molar-refractivity contribution in [2.45, 2.75) is 77.2 Å². The molecule has 0 aliphatic rings. The third kappa shape index (κ3) is 7.65. The Labute approximate surface area is 228 Å². The second-order valence-electron chi connectivity index (χ2n) is 10.2. The van der Waals surface area contributed by atoms with Gasteiger partial charge in [-0.05, 0) is 35.1 Å². The molecule has 2 aromatic rings. The molecule has 2 N–H and O–H groups in total. The van der Waals surface area contributed by atoms with E-state index < -0.39 is 76.2 Å². The third-order valence-electron chi connectivity index (χ3n) is 5.05. The Morgan fingerprint density at radius 1 is 0.575 bits per heavy atom. The first-order valence-corrected chi connectivity index (χ1v) is 14.3. The van der Waals surface area contributed by atoms with Crippen LogP contribution in [0.2, 0.25) is 0 Å². The van der Waals surface area contributed by atoms with Crippen LogP contribution in [0.25, 0.3) is 11.1 Å².